The van der Waals surface area contributed by atoms with Gasteiger partial charge in [-0.15, -0.1) is 0 Å². The Morgan fingerprint density at radius 3 is 2.48 bits per heavy atom. The van der Waals surface area contributed by atoms with Crippen molar-refractivity contribution in [2.75, 3.05) is 20.7 Å². The molecule has 2 rings (SSSR count). The van der Waals surface area contributed by atoms with Gasteiger partial charge in [0.1, 0.15) is 0 Å². The Morgan fingerprint density at radius 1 is 1.16 bits per heavy atom. The van der Waals surface area contributed by atoms with Gasteiger partial charge in [-0.1, -0.05) is 24.3 Å². The van der Waals surface area contributed by atoms with Crippen LogP contribution in [-0.4, -0.2) is 36.4 Å². The molecule has 6 heteroatoms. The van der Waals surface area contributed by atoms with Crippen LogP contribution in [0.1, 0.15) is 28.9 Å². The molecular formula is C19H29N5O. The number of nitrogens with zero attached hydrogens (tertiary/aromatic N) is 3. The largest absolute Gasteiger partial charge is 0.380 e. The molecule has 0 amide bonds. The highest BCUT2D eigenvalue weighted by Gasteiger charge is 2.02. The molecule has 1 aromatic heterocycles. The second-order valence-electron chi connectivity index (χ2n) is 6.11. The number of guanidine groups is 1. The van der Waals surface area contributed by atoms with Crippen LogP contribution in [0.25, 0.3) is 0 Å². The Hall–Kier alpha value is -2.34. The molecule has 6 nitrogen and oxygen atoms in total. The molecule has 2 N–H and O–H groups in total. The van der Waals surface area contributed by atoms with Crippen LogP contribution in [0.3, 0.4) is 0 Å². The van der Waals surface area contributed by atoms with E-state index in [9.17, 15) is 0 Å². The van der Waals surface area contributed by atoms with Crippen LogP contribution in [0, 0.1) is 13.8 Å². The fourth-order valence-corrected chi connectivity index (χ4v) is 2.66. The number of nitrogens with one attached hydrogen (secondary N) is 2. The quantitative estimate of drug-likeness (QED) is 0.439. The normalized spacial score (nSPS) is 11.6. The lowest BCUT2D eigenvalue weighted by atomic mass is 10.1. The van der Waals surface area contributed by atoms with Crippen molar-refractivity contribution in [1.29, 1.82) is 0 Å². The molecule has 0 unspecified atom stereocenters. The van der Waals surface area contributed by atoms with Crippen molar-refractivity contribution >= 4 is 5.96 Å². The highest BCUT2D eigenvalue weighted by atomic mass is 16.5. The third-order valence-corrected chi connectivity index (χ3v) is 3.96. The number of hydrogen-bond acceptors (Lipinski definition) is 3. The van der Waals surface area contributed by atoms with E-state index in [1.54, 1.807) is 14.2 Å². The van der Waals surface area contributed by atoms with Gasteiger partial charge in [-0.3, -0.25) is 9.67 Å². The molecule has 0 spiro atoms. The van der Waals surface area contributed by atoms with Crippen LogP contribution in [0.2, 0.25) is 0 Å². The fraction of sp³-hybridized carbons (Fsp3) is 0.474. The monoisotopic (exact) mass is 343 g/mol. The Morgan fingerprint density at radius 2 is 1.88 bits per heavy atom. The Labute approximate surface area is 150 Å². The second-order valence-corrected chi connectivity index (χ2v) is 6.11. The summed E-state index contributed by atoms with van der Waals surface area (Å²) >= 11 is 0. The maximum absolute atomic E-state index is 5.13. The molecule has 2 aromatic rings. The second kappa shape index (κ2) is 9.84. The average molecular weight is 343 g/mol. The molecule has 1 aromatic carbocycles. The van der Waals surface area contributed by atoms with E-state index in [1.807, 2.05) is 6.92 Å². The molecular weight excluding hydrogens is 314 g/mol. The molecule has 136 valence electrons. The van der Waals surface area contributed by atoms with Crippen LogP contribution >= 0.6 is 0 Å². The van der Waals surface area contributed by atoms with E-state index in [-0.39, 0.29) is 0 Å². The van der Waals surface area contributed by atoms with Gasteiger partial charge in [0.05, 0.1) is 12.3 Å². The lowest BCUT2D eigenvalue weighted by Gasteiger charge is -2.12. The number of methoxy groups -OCH3 is 1. The maximum atomic E-state index is 5.13. The van der Waals surface area contributed by atoms with Gasteiger partial charge in [0.25, 0.3) is 0 Å². The molecule has 0 aliphatic heterocycles. The van der Waals surface area contributed by atoms with E-state index in [4.69, 9.17) is 4.74 Å². The summed E-state index contributed by atoms with van der Waals surface area (Å²) in [7, 11) is 3.50. The van der Waals surface area contributed by atoms with Crippen molar-refractivity contribution in [3.05, 3.63) is 52.8 Å². The molecule has 0 saturated carbocycles. The van der Waals surface area contributed by atoms with Crippen LogP contribution in [0.4, 0.5) is 0 Å². The summed E-state index contributed by atoms with van der Waals surface area (Å²) < 4.78 is 7.18. The Balaban J connectivity index is 1.70. The Bertz CT molecular complexity index is 676. The number of aryl methyl sites for hydroxylation is 3. The SMILES string of the molecule is CN=C(NCCCn1nc(C)cc1C)NCc1ccc(COC)cc1. The maximum Gasteiger partial charge on any atom is 0.191 e. The van der Waals surface area contributed by atoms with E-state index < -0.39 is 0 Å². The summed E-state index contributed by atoms with van der Waals surface area (Å²) in [5.74, 6) is 0.814. The van der Waals surface area contributed by atoms with E-state index in [0.29, 0.717) is 6.61 Å². The van der Waals surface area contributed by atoms with E-state index in [0.717, 1.165) is 37.7 Å². The minimum atomic E-state index is 0.645. The van der Waals surface area contributed by atoms with Crippen molar-refractivity contribution in [2.24, 2.45) is 4.99 Å². The summed E-state index contributed by atoms with van der Waals surface area (Å²) in [6, 6.07) is 10.5. The predicted octanol–water partition coefficient (Wildman–Crippen LogP) is 2.40. The number of aromatic nitrogens is 2. The summed E-state index contributed by atoms with van der Waals surface area (Å²) in [5, 5.41) is 11.2. The van der Waals surface area contributed by atoms with Crippen LogP contribution in [0.15, 0.2) is 35.3 Å². The first kappa shape index (κ1) is 19.0. The zero-order valence-electron chi connectivity index (χ0n) is 15.7. The summed E-state index contributed by atoms with van der Waals surface area (Å²) in [6.07, 6.45) is 0.994. The van der Waals surface area contributed by atoms with E-state index in [2.05, 4.69) is 62.7 Å². The smallest absolute Gasteiger partial charge is 0.191 e. The van der Waals surface area contributed by atoms with Gasteiger partial charge in [0.15, 0.2) is 5.96 Å². The molecule has 0 fully saturated rings. The van der Waals surface area contributed by atoms with Crippen molar-refractivity contribution in [3.8, 4) is 0 Å². The average Bonchev–Trinajstić information content (AvgIpc) is 2.93. The zero-order chi connectivity index (χ0) is 18.1. The summed E-state index contributed by atoms with van der Waals surface area (Å²) in [4.78, 5) is 4.27. The van der Waals surface area contributed by atoms with Gasteiger partial charge in [-0.25, -0.2) is 0 Å². The first-order valence-corrected chi connectivity index (χ1v) is 8.64. The number of aliphatic imine (C=N–C) groups is 1. The molecule has 0 aliphatic carbocycles. The zero-order valence-corrected chi connectivity index (χ0v) is 15.7. The van der Waals surface area contributed by atoms with E-state index >= 15 is 0 Å². The molecule has 0 radical (unpaired) electrons. The standard InChI is InChI=1S/C19H29N5O/c1-15-12-16(2)24(23-15)11-5-10-21-19(20-3)22-13-17-6-8-18(9-7-17)14-25-4/h6-9,12H,5,10-11,13-14H2,1-4H3,(H2,20,21,22). The molecule has 0 bridgehead atoms. The van der Waals surface area contributed by atoms with Crippen molar-refractivity contribution in [3.63, 3.8) is 0 Å². The van der Waals surface area contributed by atoms with Gasteiger partial charge in [0.2, 0.25) is 0 Å². The third-order valence-electron chi connectivity index (χ3n) is 3.96. The minimum absolute atomic E-state index is 0.645. The van der Waals surface area contributed by atoms with Crippen molar-refractivity contribution in [1.82, 2.24) is 20.4 Å². The molecule has 0 atom stereocenters. The lowest BCUT2D eigenvalue weighted by Crippen LogP contribution is -2.37. The Kier molecular flexibility index (Phi) is 7.47. The number of rotatable bonds is 8. The van der Waals surface area contributed by atoms with Gasteiger partial charge in [-0.2, -0.15) is 5.10 Å². The van der Waals surface area contributed by atoms with Gasteiger partial charge < -0.3 is 15.4 Å². The minimum Gasteiger partial charge on any atom is -0.380 e. The molecule has 25 heavy (non-hydrogen) atoms. The summed E-state index contributed by atoms with van der Waals surface area (Å²) in [5.41, 5.74) is 4.67. The van der Waals surface area contributed by atoms with Gasteiger partial charge >= 0.3 is 0 Å². The fourth-order valence-electron chi connectivity index (χ4n) is 2.66. The number of ether oxygens (including phenoxy) is 1. The number of hydrogen-bond donors (Lipinski definition) is 2. The topological polar surface area (TPSA) is 63.5 Å². The number of benzene rings is 1. The van der Waals surface area contributed by atoms with Crippen LogP contribution in [0.5, 0.6) is 0 Å². The molecule has 0 aliphatic rings. The first-order chi connectivity index (χ1) is 12.1. The van der Waals surface area contributed by atoms with Crippen molar-refractivity contribution < 1.29 is 4.74 Å². The van der Waals surface area contributed by atoms with Crippen molar-refractivity contribution in [2.45, 2.75) is 40.0 Å². The van der Waals surface area contributed by atoms with Crippen LogP contribution in [-0.2, 0) is 24.4 Å². The van der Waals surface area contributed by atoms with Gasteiger partial charge in [0, 0.05) is 39.5 Å². The van der Waals surface area contributed by atoms with E-state index in [1.165, 1.54) is 16.8 Å². The van der Waals surface area contributed by atoms with Gasteiger partial charge in [-0.05, 0) is 37.5 Å². The van der Waals surface area contributed by atoms with Crippen LogP contribution < -0.4 is 10.6 Å². The highest BCUT2D eigenvalue weighted by Crippen LogP contribution is 2.05. The predicted molar refractivity (Wildman–Crippen MR) is 102 cm³/mol. The first-order valence-electron chi connectivity index (χ1n) is 8.64. The molecule has 1 heterocycles. The molecule has 0 saturated heterocycles. The highest BCUT2D eigenvalue weighted by molar-refractivity contribution is 5.79. The third kappa shape index (κ3) is 6.23. The summed E-state index contributed by atoms with van der Waals surface area (Å²) in [6.45, 7) is 7.26. The lowest BCUT2D eigenvalue weighted by molar-refractivity contribution is 0.185.